The van der Waals surface area contributed by atoms with Crippen LogP contribution in [-0.4, -0.2) is 40.6 Å². The fourth-order valence-corrected chi connectivity index (χ4v) is 1.64. The molecule has 0 amide bonds. The second kappa shape index (κ2) is 7.06. The summed E-state index contributed by atoms with van der Waals surface area (Å²) >= 11 is 0. The summed E-state index contributed by atoms with van der Waals surface area (Å²) in [6.45, 7) is 6.78. The summed E-state index contributed by atoms with van der Waals surface area (Å²) in [4.78, 5) is 17.4. The van der Waals surface area contributed by atoms with E-state index in [1.54, 1.807) is 0 Å². The Morgan fingerprint density at radius 2 is 2.29 bits per heavy atom. The second-order valence-electron chi connectivity index (χ2n) is 3.96. The average molecular weight is 239 g/mol. The summed E-state index contributed by atoms with van der Waals surface area (Å²) in [5.41, 5.74) is 1.17. The number of esters is 1. The molecule has 0 atom stereocenters. The number of hydrogen-bond acceptors (Lipinski definition) is 4. The molecule has 0 fully saturated rings. The van der Waals surface area contributed by atoms with Gasteiger partial charge in [-0.25, -0.2) is 4.98 Å². The van der Waals surface area contributed by atoms with Crippen LogP contribution in [0.1, 0.15) is 26.0 Å². The lowest BCUT2D eigenvalue weighted by Gasteiger charge is -2.16. The minimum Gasteiger partial charge on any atom is -0.466 e. The molecule has 1 aromatic heterocycles. The smallest absolute Gasteiger partial charge is 0.307 e. The van der Waals surface area contributed by atoms with Crippen LogP contribution in [0.3, 0.4) is 0 Å². The predicted molar refractivity (Wildman–Crippen MR) is 65.5 cm³/mol. The van der Waals surface area contributed by atoms with E-state index in [0.717, 1.165) is 13.1 Å². The molecule has 0 bridgehead atoms. The van der Waals surface area contributed by atoms with Gasteiger partial charge in [0.25, 0.3) is 0 Å². The minimum absolute atomic E-state index is 0.136. The van der Waals surface area contributed by atoms with E-state index in [4.69, 9.17) is 4.74 Å². The molecule has 0 aliphatic rings. The van der Waals surface area contributed by atoms with Crippen LogP contribution >= 0.6 is 0 Å². The zero-order chi connectivity index (χ0) is 12.7. The maximum atomic E-state index is 11.2. The first-order valence-electron chi connectivity index (χ1n) is 6.00. The Bertz CT molecular complexity index is 349. The van der Waals surface area contributed by atoms with Crippen molar-refractivity contribution in [3.8, 4) is 0 Å². The molecule has 0 spiro atoms. The molecule has 0 saturated heterocycles. The van der Waals surface area contributed by atoms with Crippen molar-refractivity contribution >= 4 is 5.97 Å². The molecule has 5 nitrogen and oxygen atoms in total. The molecule has 0 radical (unpaired) electrons. The average Bonchev–Trinajstić information content (AvgIpc) is 2.74. The second-order valence-corrected chi connectivity index (χ2v) is 3.96. The van der Waals surface area contributed by atoms with E-state index >= 15 is 0 Å². The Kier molecular flexibility index (Phi) is 5.69. The Morgan fingerprint density at radius 1 is 1.53 bits per heavy atom. The molecule has 0 saturated carbocycles. The van der Waals surface area contributed by atoms with Gasteiger partial charge in [-0.15, -0.1) is 0 Å². The van der Waals surface area contributed by atoms with Crippen LogP contribution in [-0.2, 0) is 22.6 Å². The van der Waals surface area contributed by atoms with Crippen LogP contribution in [0.4, 0.5) is 0 Å². The van der Waals surface area contributed by atoms with Gasteiger partial charge in [0.1, 0.15) is 0 Å². The molecule has 0 unspecified atom stereocenters. The summed E-state index contributed by atoms with van der Waals surface area (Å²) in [5, 5.41) is 0. The SMILES string of the molecule is CCOC(=O)CCN(C)Cc1cncn1CC. The number of nitrogens with zero attached hydrogens (tertiary/aromatic N) is 3. The molecular weight excluding hydrogens is 218 g/mol. The zero-order valence-corrected chi connectivity index (χ0v) is 10.8. The number of ether oxygens (including phenoxy) is 1. The van der Waals surface area contributed by atoms with Gasteiger partial charge >= 0.3 is 5.97 Å². The molecule has 5 heteroatoms. The molecule has 1 heterocycles. The molecule has 17 heavy (non-hydrogen) atoms. The number of carbonyl (C=O) groups is 1. The molecule has 1 rings (SSSR count). The zero-order valence-electron chi connectivity index (χ0n) is 10.8. The van der Waals surface area contributed by atoms with Crippen molar-refractivity contribution in [2.75, 3.05) is 20.2 Å². The fraction of sp³-hybridized carbons (Fsp3) is 0.667. The highest BCUT2D eigenvalue weighted by Crippen LogP contribution is 2.03. The van der Waals surface area contributed by atoms with Gasteiger partial charge in [-0.05, 0) is 20.9 Å². The van der Waals surface area contributed by atoms with Crippen molar-refractivity contribution in [3.05, 3.63) is 18.2 Å². The van der Waals surface area contributed by atoms with E-state index in [1.807, 2.05) is 26.5 Å². The Balaban J connectivity index is 2.34. The topological polar surface area (TPSA) is 47.4 Å². The van der Waals surface area contributed by atoms with Gasteiger partial charge < -0.3 is 9.30 Å². The van der Waals surface area contributed by atoms with Crippen LogP contribution in [0.2, 0.25) is 0 Å². The first-order chi connectivity index (χ1) is 8.17. The van der Waals surface area contributed by atoms with Crippen molar-refractivity contribution in [2.45, 2.75) is 33.4 Å². The third-order valence-electron chi connectivity index (χ3n) is 2.57. The molecule has 1 aromatic rings. The van der Waals surface area contributed by atoms with Gasteiger partial charge in [0.2, 0.25) is 0 Å². The molecule has 0 aromatic carbocycles. The van der Waals surface area contributed by atoms with Gasteiger partial charge in [0, 0.05) is 25.8 Å². The normalized spacial score (nSPS) is 10.8. The largest absolute Gasteiger partial charge is 0.466 e. The van der Waals surface area contributed by atoms with E-state index in [9.17, 15) is 4.79 Å². The molecule has 0 aliphatic heterocycles. The Morgan fingerprint density at radius 3 is 2.94 bits per heavy atom. The van der Waals surface area contributed by atoms with Crippen LogP contribution in [0, 0.1) is 0 Å². The molecule has 0 aliphatic carbocycles. The number of aromatic nitrogens is 2. The summed E-state index contributed by atoms with van der Waals surface area (Å²) in [6, 6.07) is 0. The highest BCUT2D eigenvalue weighted by Gasteiger charge is 2.07. The standard InChI is InChI=1S/C12H21N3O2/c1-4-15-10-13-8-11(15)9-14(3)7-6-12(16)17-5-2/h8,10H,4-7,9H2,1-3H3. The minimum atomic E-state index is -0.136. The Labute approximate surface area is 102 Å². The first kappa shape index (κ1) is 13.7. The van der Waals surface area contributed by atoms with Gasteiger partial charge in [0.05, 0.1) is 25.0 Å². The van der Waals surface area contributed by atoms with E-state index < -0.39 is 0 Å². The lowest BCUT2D eigenvalue weighted by molar-refractivity contribution is -0.143. The first-order valence-corrected chi connectivity index (χ1v) is 6.00. The third kappa shape index (κ3) is 4.56. The molecular formula is C12H21N3O2. The fourth-order valence-electron chi connectivity index (χ4n) is 1.64. The van der Waals surface area contributed by atoms with E-state index in [1.165, 1.54) is 5.69 Å². The van der Waals surface area contributed by atoms with Gasteiger partial charge in [0.15, 0.2) is 0 Å². The van der Waals surface area contributed by atoms with Crippen LogP contribution in [0.5, 0.6) is 0 Å². The Hall–Kier alpha value is -1.36. The molecule has 96 valence electrons. The quantitative estimate of drug-likeness (QED) is 0.673. The monoisotopic (exact) mass is 239 g/mol. The number of aryl methyl sites for hydroxylation is 1. The molecule has 0 N–H and O–H groups in total. The van der Waals surface area contributed by atoms with Crippen molar-refractivity contribution < 1.29 is 9.53 Å². The summed E-state index contributed by atoms with van der Waals surface area (Å²) in [6.07, 6.45) is 4.13. The highest BCUT2D eigenvalue weighted by atomic mass is 16.5. The predicted octanol–water partition coefficient (Wildman–Crippen LogP) is 1.29. The van der Waals surface area contributed by atoms with Crippen molar-refractivity contribution in [1.29, 1.82) is 0 Å². The summed E-state index contributed by atoms with van der Waals surface area (Å²) in [7, 11) is 1.99. The van der Waals surface area contributed by atoms with Crippen LogP contribution in [0.15, 0.2) is 12.5 Å². The van der Waals surface area contributed by atoms with E-state index in [0.29, 0.717) is 19.6 Å². The lowest BCUT2D eigenvalue weighted by atomic mass is 10.3. The number of imidazole rings is 1. The number of carbonyl (C=O) groups excluding carboxylic acids is 1. The maximum absolute atomic E-state index is 11.2. The van der Waals surface area contributed by atoms with E-state index in [-0.39, 0.29) is 5.97 Å². The third-order valence-corrected chi connectivity index (χ3v) is 2.57. The van der Waals surface area contributed by atoms with Crippen molar-refractivity contribution in [2.24, 2.45) is 0 Å². The summed E-state index contributed by atoms with van der Waals surface area (Å²) in [5.74, 6) is -0.136. The lowest BCUT2D eigenvalue weighted by Crippen LogP contribution is -2.23. The van der Waals surface area contributed by atoms with Crippen molar-refractivity contribution in [1.82, 2.24) is 14.5 Å². The van der Waals surface area contributed by atoms with Crippen molar-refractivity contribution in [3.63, 3.8) is 0 Å². The number of rotatable bonds is 7. The summed E-state index contributed by atoms with van der Waals surface area (Å²) < 4.78 is 6.99. The highest BCUT2D eigenvalue weighted by molar-refractivity contribution is 5.69. The maximum Gasteiger partial charge on any atom is 0.307 e. The number of hydrogen-bond donors (Lipinski definition) is 0. The van der Waals surface area contributed by atoms with Gasteiger partial charge in [-0.1, -0.05) is 0 Å². The van der Waals surface area contributed by atoms with Gasteiger partial charge in [-0.2, -0.15) is 0 Å². The van der Waals surface area contributed by atoms with Crippen LogP contribution in [0.25, 0.3) is 0 Å². The van der Waals surface area contributed by atoms with Gasteiger partial charge in [-0.3, -0.25) is 9.69 Å². The van der Waals surface area contributed by atoms with E-state index in [2.05, 4.69) is 21.4 Å². The van der Waals surface area contributed by atoms with Crippen LogP contribution < -0.4 is 0 Å².